The van der Waals surface area contributed by atoms with Gasteiger partial charge in [0, 0.05) is 31.5 Å². The van der Waals surface area contributed by atoms with Gasteiger partial charge in [-0.25, -0.2) is 0 Å². The average Bonchev–Trinajstić information content (AvgIpc) is 2.92. The van der Waals surface area contributed by atoms with Gasteiger partial charge in [-0.3, -0.25) is 4.79 Å². The number of aromatic nitrogens is 1. The maximum absolute atomic E-state index is 12.7. The van der Waals surface area contributed by atoms with Crippen molar-refractivity contribution >= 4 is 16.8 Å². The molecule has 136 valence electrons. The van der Waals surface area contributed by atoms with E-state index in [4.69, 9.17) is 0 Å². The van der Waals surface area contributed by atoms with Gasteiger partial charge in [0.25, 0.3) is 5.91 Å². The topological polar surface area (TPSA) is 34.5 Å². The molecule has 0 aliphatic rings. The second kappa shape index (κ2) is 6.74. The molecule has 3 aromatic rings. The van der Waals surface area contributed by atoms with Crippen molar-refractivity contribution < 1.29 is 22.7 Å². The van der Waals surface area contributed by atoms with Gasteiger partial charge in [0.15, 0.2) is 0 Å². The lowest BCUT2D eigenvalue weighted by Crippen LogP contribution is -2.27. The Morgan fingerprint density at radius 2 is 1.77 bits per heavy atom. The van der Waals surface area contributed by atoms with Crippen LogP contribution in [0.3, 0.4) is 0 Å². The summed E-state index contributed by atoms with van der Waals surface area (Å²) in [7, 11) is 3.48. The summed E-state index contributed by atoms with van der Waals surface area (Å²) in [6.45, 7) is 0.270. The normalized spacial score (nSPS) is 11.6. The number of carbonyl (C=O) groups is 1. The first kappa shape index (κ1) is 17.8. The highest BCUT2D eigenvalue weighted by Crippen LogP contribution is 2.23. The standard InChI is InChI=1S/C19H17F3N2O2/c1-23(12-13-7-9-15(10-8-13)26-19(20,21)22)18(25)17-11-14-5-3-4-6-16(14)24(17)2/h3-11H,12H2,1-2H3. The van der Waals surface area contributed by atoms with Crippen molar-refractivity contribution in [1.29, 1.82) is 0 Å². The Labute approximate surface area is 148 Å². The number of benzene rings is 2. The third-order valence-corrected chi connectivity index (χ3v) is 4.09. The number of rotatable bonds is 4. The second-order valence-electron chi connectivity index (χ2n) is 6.00. The van der Waals surface area contributed by atoms with E-state index in [1.165, 1.54) is 29.2 Å². The van der Waals surface area contributed by atoms with Crippen molar-refractivity contribution in [2.24, 2.45) is 7.05 Å². The van der Waals surface area contributed by atoms with Gasteiger partial charge in [0.05, 0.1) is 0 Å². The monoisotopic (exact) mass is 362 g/mol. The zero-order valence-corrected chi connectivity index (χ0v) is 14.2. The van der Waals surface area contributed by atoms with Crippen LogP contribution in [0, 0.1) is 0 Å². The summed E-state index contributed by atoms with van der Waals surface area (Å²) in [6, 6.07) is 15.0. The number of amides is 1. The molecule has 0 bridgehead atoms. The minimum atomic E-state index is -4.72. The first-order valence-corrected chi connectivity index (χ1v) is 7.89. The molecule has 2 aromatic carbocycles. The van der Waals surface area contributed by atoms with E-state index in [0.29, 0.717) is 11.3 Å². The minimum absolute atomic E-state index is 0.167. The number of alkyl halides is 3. The van der Waals surface area contributed by atoms with Gasteiger partial charge in [-0.2, -0.15) is 0 Å². The largest absolute Gasteiger partial charge is 0.573 e. The zero-order valence-electron chi connectivity index (χ0n) is 14.2. The van der Waals surface area contributed by atoms with Gasteiger partial charge in [0.1, 0.15) is 11.4 Å². The van der Waals surface area contributed by atoms with Gasteiger partial charge >= 0.3 is 6.36 Å². The number of aryl methyl sites for hydroxylation is 1. The molecule has 26 heavy (non-hydrogen) atoms. The SMILES string of the molecule is CN(Cc1ccc(OC(F)(F)F)cc1)C(=O)c1cc2ccccc2n1C. The summed E-state index contributed by atoms with van der Waals surface area (Å²) in [4.78, 5) is 14.2. The predicted octanol–water partition coefficient (Wildman–Crippen LogP) is 4.35. The lowest BCUT2D eigenvalue weighted by molar-refractivity contribution is -0.274. The molecule has 0 aliphatic heterocycles. The maximum Gasteiger partial charge on any atom is 0.573 e. The summed E-state index contributed by atoms with van der Waals surface area (Å²) in [5.41, 5.74) is 2.21. The van der Waals surface area contributed by atoms with Crippen LogP contribution in [0.2, 0.25) is 0 Å². The molecule has 0 spiro atoms. The van der Waals surface area contributed by atoms with E-state index in [0.717, 1.165) is 10.9 Å². The molecule has 0 radical (unpaired) electrons. The maximum atomic E-state index is 12.7. The van der Waals surface area contributed by atoms with Crippen LogP contribution in [0.25, 0.3) is 10.9 Å². The van der Waals surface area contributed by atoms with Crippen LogP contribution in [0.1, 0.15) is 16.1 Å². The Bertz CT molecular complexity index is 930. The Morgan fingerprint density at radius 3 is 2.38 bits per heavy atom. The quantitative estimate of drug-likeness (QED) is 0.692. The van der Waals surface area contributed by atoms with Gasteiger partial charge in [-0.1, -0.05) is 30.3 Å². The molecular weight excluding hydrogens is 345 g/mol. The van der Waals surface area contributed by atoms with Gasteiger partial charge in [0.2, 0.25) is 0 Å². The number of para-hydroxylation sites is 1. The molecule has 0 fully saturated rings. The van der Waals surface area contributed by atoms with Crippen LogP contribution >= 0.6 is 0 Å². The van der Waals surface area contributed by atoms with Crippen LogP contribution in [0.5, 0.6) is 5.75 Å². The van der Waals surface area contributed by atoms with Crippen molar-refractivity contribution in [3.05, 3.63) is 65.9 Å². The fourth-order valence-electron chi connectivity index (χ4n) is 2.83. The lowest BCUT2D eigenvalue weighted by atomic mass is 10.2. The molecule has 3 rings (SSSR count). The van der Waals surface area contributed by atoms with Crippen molar-refractivity contribution in [1.82, 2.24) is 9.47 Å². The fraction of sp³-hybridized carbons (Fsp3) is 0.211. The third-order valence-electron chi connectivity index (χ3n) is 4.09. The molecule has 1 heterocycles. The Balaban J connectivity index is 1.73. The fourth-order valence-corrected chi connectivity index (χ4v) is 2.83. The number of halogens is 3. The van der Waals surface area contributed by atoms with E-state index in [1.54, 1.807) is 7.05 Å². The molecule has 0 atom stereocenters. The molecule has 4 nitrogen and oxygen atoms in total. The molecule has 1 amide bonds. The van der Waals surface area contributed by atoms with Crippen LogP contribution < -0.4 is 4.74 Å². The van der Waals surface area contributed by atoms with E-state index < -0.39 is 6.36 Å². The van der Waals surface area contributed by atoms with E-state index >= 15 is 0 Å². The molecule has 0 aliphatic carbocycles. The summed E-state index contributed by atoms with van der Waals surface area (Å²) >= 11 is 0. The predicted molar refractivity (Wildman–Crippen MR) is 91.8 cm³/mol. The van der Waals surface area contributed by atoms with Crippen molar-refractivity contribution in [3.8, 4) is 5.75 Å². The summed E-state index contributed by atoms with van der Waals surface area (Å²) < 4.78 is 42.3. The molecule has 0 N–H and O–H groups in total. The van der Waals surface area contributed by atoms with E-state index in [9.17, 15) is 18.0 Å². The van der Waals surface area contributed by atoms with Crippen LogP contribution in [0.4, 0.5) is 13.2 Å². The lowest BCUT2D eigenvalue weighted by Gasteiger charge is -2.18. The van der Waals surface area contributed by atoms with Crippen LogP contribution in [-0.2, 0) is 13.6 Å². The molecule has 7 heteroatoms. The van der Waals surface area contributed by atoms with Gasteiger partial charge < -0.3 is 14.2 Å². The molecule has 0 saturated carbocycles. The minimum Gasteiger partial charge on any atom is -0.406 e. The number of carbonyl (C=O) groups excluding carboxylic acids is 1. The first-order valence-electron chi connectivity index (χ1n) is 7.89. The van der Waals surface area contributed by atoms with E-state index in [-0.39, 0.29) is 18.2 Å². The second-order valence-corrected chi connectivity index (χ2v) is 6.00. The zero-order chi connectivity index (χ0) is 18.9. The third kappa shape index (κ3) is 3.82. The highest BCUT2D eigenvalue weighted by atomic mass is 19.4. The molecule has 1 aromatic heterocycles. The molecule has 0 saturated heterocycles. The highest BCUT2D eigenvalue weighted by Gasteiger charge is 2.31. The Morgan fingerprint density at radius 1 is 1.12 bits per heavy atom. The van der Waals surface area contributed by atoms with Crippen molar-refractivity contribution in [2.75, 3.05) is 7.05 Å². The molecule has 0 unspecified atom stereocenters. The summed E-state index contributed by atoms with van der Waals surface area (Å²) in [5.74, 6) is -0.455. The number of hydrogen-bond donors (Lipinski definition) is 0. The van der Waals surface area contributed by atoms with E-state index in [1.807, 2.05) is 41.9 Å². The summed E-state index contributed by atoms with van der Waals surface area (Å²) in [6.07, 6.45) is -4.72. The molecular formula is C19H17F3N2O2. The number of fused-ring (bicyclic) bond motifs is 1. The van der Waals surface area contributed by atoms with Gasteiger partial charge in [-0.15, -0.1) is 13.2 Å². The first-order chi connectivity index (χ1) is 12.2. The number of nitrogens with zero attached hydrogens (tertiary/aromatic N) is 2. The van der Waals surface area contributed by atoms with Crippen molar-refractivity contribution in [3.63, 3.8) is 0 Å². The Kier molecular flexibility index (Phi) is 4.63. The van der Waals surface area contributed by atoms with Crippen molar-refractivity contribution in [2.45, 2.75) is 12.9 Å². The Hall–Kier alpha value is -2.96. The smallest absolute Gasteiger partial charge is 0.406 e. The number of ether oxygens (including phenoxy) is 1. The number of hydrogen-bond acceptors (Lipinski definition) is 2. The van der Waals surface area contributed by atoms with Crippen LogP contribution in [0.15, 0.2) is 54.6 Å². The van der Waals surface area contributed by atoms with E-state index in [2.05, 4.69) is 4.74 Å². The highest BCUT2D eigenvalue weighted by molar-refractivity contribution is 5.98. The summed E-state index contributed by atoms with van der Waals surface area (Å²) in [5, 5.41) is 0.973. The average molecular weight is 362 g/mol. The van der Waals surface area contributed by atoms with Crippen LogP contribution in [-0.4, -0.2) is 28.8 Å². The van der Waals surface area contributed by atoms with Gasteiger partial charge in [-0.05, 0) is 29.8 Å².